The van der Waals surface area contributed by atoms with Crippen LogP contribution in [-0.2, 0) is 13.5 Å². The molecule has 0 N–H and O–H groups in total. The maximum Gasteiger partial charge on any atom is 0.262 e. The molecule has 1 fully saturated rings. The van der Waals surface area contributed by atoms with Crippen molar-refractivity contribution in [2.24, 2.45) is 7.05 Å². The second-order valence-corrected chi connectivity index (χ2v) is 10.2. The molecular weight excluding hydrogens is 430 g/mol. The number of rotatable bonds is 6. The Kier molecular flexibility index (Phi) is 6.17. The summed E-state index contributed by atoms with van der Waals surface area (Å²) in [6.07, 6.45) is 3.00. The first kappa shape index (κ1) is 22.0. The van der Waals surface area contributed by atoms with Crippen LogP contribution in [0.25, 0.3) is 21.1 Å². The third-order valence-electron chi connectivity index (χ3n) is 6.91. The average molecular weight is 462 g/mol. The lowest BCUT2D eigenvalue weighted by molar-refractivity contribution is 0.252. The minimum absolute atomic E-state index is 0.0928. The zero-order valence-electron chi connectivity index (χ0n) is 19.7. The summed E-state index contributed by atoms with van der Waals surface area (Å²) in [6, 6.07) is 12.6. The van der Waals surface area contributed by atoms with E-state index in [4.69, 9.17) is 9.97 Å². The summed E-state index contributed by atoms with van der Waals surface area (Å²) in [5.41, 5.74) is 2.23. The molecule has 0 radical (unpaired) electrons. The molecule has 1 aliphatic rings. The van der Waals surface area contributed by atoms with E-state index in [1.165, 1.54) is 10.3 Å². The summed E-state index contributed by atoms with van der Waals surface area (Å²) in [7, 11) is 1.86. The smallest absolute Gasteiger partial charge is 0.262 e. The van der Waals surface area contributed by atoms with Crippen molar-refractivity contribution in [2.75, 3.05) is 37.6 Å². The normalized spacial score (nSPS) is 15.1. The number of piperazine rings is 1. The fourth-order valence-electron chi connectivity index (χ4n) is 4.69. The molecule has 1 aromatic carbocycles. The summed E-state index contributed by atoms with van der Waals surface area (Å²) < 4.78 is 1.75. The molecule has 0 aliphatic carbocycles. The molecule has 0 spiro atoms. The molecule has 0 bridgehead atoms. The van der Waals surface area contributed by atoms with Crippen molar-refractivity contribution in [3.8, 4) is 0 Å². The number of thiophene rings is 1. The highest BCUT2D eigenvalue weighted by molar-refractivity contribution is 7.18. The molecule has 0 saturated carbocycles. The number of unbranched alkanes of at least 4 members (excludes halogenated alkanes) is 1. The number of fused-ring (bicyclic) bond motifs is 2. The molecular formula is C26H31N5OS. The number of anilines is 1. The maximum absolute atomic E-state index is 12.8. The van der Waals surface area contributed by atoms with Gasteiger partial charge in [0.2, 0.25) is 0 Å². The van der Waals surface area contributed by atoms with Crippen LogP contribution in [0.4, 0.5) is 5.82 Å². The van der Waals surface area contributed by atoms with Gasteiger partial charge in [-0.05, 0) is 57.0 Å². The monoisotopic (exact) mass is 461 g/mol. The Hall–Kier alpha value is -2.77. The Labute approximate surface area is 198 Å². The number of benzene rings is 1. The lowest BCUT2D eigenvalue weighted by Crippen LogP contribution is -2.46. The van der Waals surface area contributed by atoms with E-state index in [1.54, 1.807) is 15.9 Å². The van der Waals surface area contributed by atoms with E-state index < -0.39 is 0 Å². The molecule has 0 amide bonds. The van der Waals surface area contributed by atoms with Crippen LogP contribution in [0.2, 0.25) is 0 Å². The lowest BCUT2D eigenvalue weighted by atomic mass is 10.2. The number of hydrogen-bond acceptors (Lipinski definition) is 6. The lowest BCUT2D eigenvalue weighted by Gasteiger charge is -2.35. The van der Waals surface area contributed by atoms with Crippen molar-refractivity contribution in [1.29, 1.82) is 0 Å². The zero-order chi connectivity index (χ0) is 22.9. The number of hydrogen-bond donors (Lipinski definition) is 0. The predicted octanol–water partition coefficient (Wildman–Crippen LogP) is 4.30. The molecule has 6 nitrogen and oxygen atoms in total. The molecule has 0 unspecified atom stereocenters. The van der Waals surface area contributed by atoms with Crippen molar-refractivity contribution >= 4 is 38.3 Å². The van der Waals surface area contributed by atoms with Crippen LogP contribution in [0.5, 0.6) is 0 Å². The van der Waals surface area contributed by atoms with Crippen LogP contribution in [-0.4, -0.2) is 52.2 Å². The average Bonchev–Trinajstić information content (AvgIpc) is 3.13. The van der Waals surface area contributed by atoms with Gasteiger partial charge in [0, 0.05) is 49.9 Å². The van der Waals surface area contributed by atoms with Gasteiger partial charge < -0.3 is 4.90 Å². The summed E-state index contributed by atoms with van der Waals surface area (Å²) >= 11 is 1.63. The number of aryl methyl sites for hydroxylation is 3. The van der Waals surface area contributed by atoms with Crippen molar-refractivity contribution in [3.63, 3.8) is 0 Å². The molecule has 7 heteroatoms. The maximum atomic E-state index is 12.8. The fraction of sp³-hybridized carbons (Fsp3) is 0.423. The Morgan fingerprint density at radius 1 is 0.970 bits per heavy atom. The summed E-state index contributed by atoms with van der Waals surface area (Å²) in [5, 5.41) is 1.98. The second kappa shape index (κ2) is 9.23. The molecule has 33 heavy (non-hydrogen) atoms. The Morgan fingerprint density at radius 2 is 1.76 bits per heavy atom. The van der Waals surface area contributed by atoms with Crippen molar-refractivity contribution in [2.45, 2.75) is 33.1 Å². The van der Waals surface area contributed by atoms with E-state index in [-0.39, 0.29) is 5.56 Å². The van der Waals surface area contributed by atoms with E-state index in [1.807, 2.05) is 20.0 Å². The SMILES string of the molecule is Cc1sc2nc(CCCCN3CCN(c4ccc5ccccc5n4)CC3)n(C)c(=O)c2c1C. The highest BCUT2D eigenvalue weighted by atomic mass is 32.1. The minimum atomic E-state index is 0.0928. The Balaban J connectivity index is 1.13. The van der Waals surface area contributed by atoms with Gasteiger partial charge in [0.15, 0.2) is 0 Å². The van der Waals surface area contributed by atoms with Crippen molar-refractivity contribution in [3.05, 3.63) is 63.0 Å². The number of pyridine rings is 1. The molecule has 1 aliphatic heterocycles. The van der Waals surface area contributed by atoms with Crippen LogP contribution in [0, 0.1) is 13.8 Å². The number of nitrogens with zero attached hydrogens (tertiary/aromatic N) is 5. The van der Waals surface area contributed by atoms with Crippen LogP contribution < -0.4 is 10.5 Å². The first-order valence-electron chi connectivity index (χ1n) is 11.8. The highest BCUT2D eigenvalue weighted by Gasteiger charge is 2.18. The van der Waals surface area contributed by atoms with Gasteiger partial charge in [-0.1, -0.05) is 18.2 Å². The largest absolute Gasteiger partial charge is 0.354 e. The molecule has 172 valence electrons. The molecule has 1 saturated heterocycles. The van der Waals surface area contributed by atoms with Crippen LogP contribution in [0.3, 0.4) is 0 Å². The summed E-state index contributed by atoms with van der Waals surface area (Å²) in [5.74, 6) is 1.98. The minimum Gasteiger partial charge on any atom is -0.354 e. The molecule has 5 rings (SSSR count). The molecule has 4 heterocycles. The van der Waals surface area contributed by atoms with Gasteiger partial charge in [0.25, 0.3) is 5.56 Å². The Morgan fingerprint density at radius 3 is 2.58 bits per heavy atom. The molecule has 0 atom stereocenters. The van der Waals surface area contributed by atoms with Crippen LogP contribution in [0.15, 0.2) is 41.2 Å². The fourth-order valence-corrected chi connectivity index (χ4v) is 5.73. The third-order valence-corrected chi connectivity index (χ3v) is 8.01. The van der Waals surface area contributed by atoms with Crippen molar-refractivity contribution < 1.29 is 0 Å². The standard InChI is InChI=1S/C26H31N5OS/c1-18-19(2)33-25-24(18)26(32)29(3)22(28-25)10-6-7-13-30-14-16-31(17-15-30)23-12-11-20-8-4-5-9-21(20)27-23/h4-5,8-9,11-12H,6-7,10,13-17H2,1-3H3. The van der Waals surface area contributed by atoms with Gasteiger partial charge >= 0.3 is 0 Å². The van der Waals surface area contributed by atoms with Crippen LogP contribution >= 0.6 is 11.3 Å². The number of para-hydroxylation sites is 1. The van der Waals surface area contributed by atoms with Gasteiger partial charge in [0.1, 0.15) is 16.5 Å². The second-order valence-electron chi connectivity index (χ2n) is 9.00. The van der Waals surface area contributed by atoms with E-state index in [0.717, 1.165) is 84.9 Å². The predicted molar refractivity (Wildman–Crippen MR) is 138 cm³/mol. The quantitative estimate of drug-likeness (QED) is 0.401. The topological polar surface area (TPSA) is 54.3 Å². The van der Waals surface area contributed by atoms with Gasteiger partial charge in [-0.3, -0.25) is 14.3 Å². The third kappa shape index (κ3) is 4.39. The van der Waals surface area contributed by atoms with Gasteiger partial charge in [-0.2, -0.15) is 0 Å². The van der Waals surface area contributed by atoms with E-state index in [9.17, 15) is 4.79 Å². The highest BCUT2D eigenvalue weighted by Crippen LogP contribution is 2.26. The number of aromatic nitrogens is 3. The molecule has 3 aromatic heterocycles. The van der Waals surface area contributed by atoms with Crippen molar-refractivity contribution in [1.82, 2.24) is 19.4 Å². The van der Waals surface area contributed by atoms with Gasteiger partial charge in [-0.15, -0.1) is 11.3 Å². The van der Waals surface area contributed by atoms with E-state index >= 15 is 0 Å². The first-order valence-corrected chi connectivity index (χ1v) is 12.6. The van der Waals surface area contributed by atoms with Gasteiger partial charge in [0.05, 0.1) is 10.9 Å². The van der Waals surface area contributed by atoms with Gasteiger partial charge in [-0.25, -0.2) is 9.97 Å². The summed E-state index contributed by atoms with van der Waals surface area (Å²) in [4.78, 5) is 29.5. The van der Waals surface area contributed by atoms with Crippen LogP contribution in [0.1, 0.15) is 29.1 Å². The summed E-state index contributed by atoms with van der Waals surface area (Å²) in [6.45, 7) is 9.32. The first-order chi connectivity index (χ1) is 16.0. The zero-order valence-corrected chi connectivity index (χ0v) is 20.5. The molecule has 4 aromatic rings. The van der Waals surface area contributed by atoms with E-state index in [2.05, 4.69) is 47.1 Å². The Bertz CT molecular complexity index is 1350. The van der Waals surface area contributed by atoms with E-state index in [0.29, 0.717) is 0 Å².